The van der Waals surface area contributed by atoms with Crippen molar-refractivity contribution in [3.05, 3.63) is 35.4 Å². The van der Waals surface area contributed by atoms with Crippen molar-refractivity contribution in [3.8, 4) is 0 Å². The minimum Gasteiger partial charge on any atom is -0.324 e. The van der Waals surface area contributed by atoms with Crippen molar-refractivity contribution in [2.24, 2.45) is 17.1 Å². The first-order valence-corrected chi connectivity index (χ1v) is 7.81. The number of benzene rings is 1. The van der Waals surface area contributed by atoms with Crippen molar-refractivity contribution in [2.75, 3.05) is 0 Å². The second kappa shape index (κ2) is 5.66. The average molecular weight is 259 g/mol. The summed E-state index contributed by atoms with van der Waals surface area (Å²) in [5.74, 6) is 1.27. The van der Waals surface area contributed by atoms with Gasteiger partial charge in [-0.15, -0.1) is 0 Å². The third kappa shape index (κ3) is 3.02. The van der Waals surface area contributed by atoms with Gasteiger partial charge < -0.3 is 5.73 Å². The molecule has 1 saturated carbocycles. The Morgan fingerprint density at radius 3 is 2.26 bits per heavy atom. The minimum atomic E-state index is 0.198. The van der Waals surface area contributed by atoms with E-state index < -0.39 is 0 Å². The van der Waals surface area contributed by atoms with Crippen LogP contribution in [0.2, 0.25) is 0 Å². The van der Waals surface area contributed by atoms with Gasteiger partial charge >= 0.3 is 0 Å². The molecule has 1 nitrogen and oxygen atoms in total. The zero-order valence-corrected chi connectivity index (χ0v) is 12.9. The normalized spacial score (nSPS) is 25.2. The number of nitrogens with two attached hydrogens (primary N) is 1. The van der Waals surface area contributed by atoms with Gasteiger partial charge in [0, 0.05) is 6.04 Å². The van der Waals surface area contributed by atoms with Crippen LogP contribution in [0.3, 0.4) is 0 Å². The maximum atomic E-state index is 6.53. The van der Waals surface area contributed by atoms with E-state index >= 15 is 0 Å². The Hall–Kier alpha value is -0.820. The molecule has 0 aliphatic heterocycles. The Labute approximate surface area is 118 Å². The monoisotopic (exact) mass is 259 g/mol. The molecule has 0 aromatic heterocycles. The lowest BCUT2D eigenvalue weighted by atomic mass is 9.75. The predicted molar refractivity (Wildman–Crippen MR) is 83.2 cm³/mol. The molecule has 0 saturated heterocycles. The van der Waals surface area contributed by atoms with Crippen LogP contribution in [0, 0.1) is 11.3 Å². The Morgan fingerprint density at radius 2 is 1.79 bits per heavy atom. The van der Waals surface area contributed by atoms with Crippen LogP contribution in [-0.2, 0) is 0 Å². The molecule has 0 heterocycles. The fourth-order valence-electron chi connectivity index (χ4n) is 3.53. The lowest BCUT2D eigenvalue weighted by Crippen LogP contribution is -2.29. The van der Waals surface area contributed by atoms with Crippen LogP contribution in [0.4, 0.5) is 0 Å². The van der Waals surface area contributed by atoms with Crippen molar-refractivity contribution in [3.63, 3.8) is 0 Å². The molecule has 2 rings (SSSR count). The van der Waals surface area contributed by atoms with Crippen molar-refractivity contribution in [1.29, 1.82) is 0 Å². The lowest BCUT2D eigenvalue weighted by Gasteiger charge is -2.32. The highest BCUT2D eigenvalue weighted by Crippen LogP contribution is 2.47. The van der Waals surface area contributed by atoms with E-state index in [0.717, 1.165) is 0 Å². The van der Waals surface area contributed by atoms with Gasteiger partial charge in [0.2, 0.25) is 0 Å². The number of rotatable bonds is 4. The molecule has 1 heteroatoms. The molecule has 1 aromatic rings. The van der Waals surface area contributed by atoms with Crippen molar-refractivity contribution in [1.82, 2.24) is 0 Å². The van der Waals surface area contributed by atoms with Crippen molar-refractivity contribution in [2.45, 2.75) is 65.3 Å². The van der Waals surface area contributed by atoms with E-state index in [-0.39, 0.29) is 6.04 Å². The van der Waals surface area contributed by atoms with E-state index in [1.165, 1.54) is 36.8 Å². The topological polar surface area (TPSA) is 26.0 Å². The van der Waals surface area contributed by atoms with Crippen LogP contribution in [0.1, 0.15) is 76.5 Å². The molecule has 3 unspecified atom stereocenters. The molecule has 3 atom stereocenters. The highest BCUT2D eigenvalue weighted by molar-refractivity contribution is 5.27. The van der Waals surface area contributed by atoms with E-state index in [1.807, 2.05) is 0 Å². The second-order valence-electron chi connectivity index (χ2n) is 6.99. The van der Waals surface area contributed by atoms with Crippen LogP contribution in [0.15, 0.2) is 24.3 Å². The predicted octanol–water partition coefficient (Wildman–Crippen LogP) is 5.03. The largest absolute Gasteiger partial charge is 0.324 e. The summed E-state index contributed by atoms with van der Waals surface area (Å²) in [7, 11) is 0. The quantitative estimate of drug-likeness (QED) is 0.806. The molecule has 0 bridgehead atoms. The third-order valence-electron chi connectivity index (χ3n) is 5.28. The third-order valence-corrected chi connectivity index (χ3v) is 5.28. The molecule has 106 valence electrons. The van der Waals surface area contributed by atoms with Gasteiger partial charge in [0.1, 0.15) is 0 Å². The summed E-state index contributed by atoms with van der Waals surface area (Å²) in [4.78, 5) is 0. The number of hydrogen-bond donors (Lipinski definition) is 1. The molecular formula is C18H29N. The zero-order chi connectivity index (χ0) is 14.0. The standard InChI is InChI=1S/C18H29N/c1-5-13(2)14-8-10-15(11-9-14)17(19)16-7-6-12-18(16,3)4/h8-11,13,16-17H,5-7,12,19H2,1-4H3. The first-order valence-electron chi connectivity index (χ1n) is 7.81. The maximum Gasteiger partial charge on any atom is 0.0328 e. The number of hydrogen-bond acceptors (Lipinski definition) is 1. The summed E-state index contributed by atoms with van der Waals surface area (Å²) in [6.45, 7) is 9.27. The first-order chi connectivity index (χ1) is 8.95. The molecule has 1 fully saturated rings. The van der Waals surface area contributed by atoms with Crippen molar-refractivity contribution >= 4 is 0 Å². The maximum absolute atomic E-state index is 6.53. The molecule has 1 aliphatic rings. The van der Waals surface area contributed by atoms with E-state index in [9.17, 15) is 0 Å². The molecule has 1 aliphatic carbocycles. The van der Waals surface area contributed by atoms with E-state index in [0.29, 0.717) is 17.3 Å². The second-order valence-corrected chi connectivity index (χ2v) is 6.99. The van der Waals surface area contributed by atoms with E-state index in [4.69, 9.17) is 5.73 Å². The van der Waals surface area contributed by atoms with E-state index in [1.54, 1.807) is 0 Å². The lowest BCUT2D eigenvalue weighted by molar-refractivity contribution is 0.222. The van der Waals surface area contributed by atoms with Gasteiger partial charge in [0.15, 0.2) is 0 Å². The smallest absolute Gasteiger partial charge is 0.0328 e. The molecule has 0 radical (unpaired) electrons. The van der Waals surface area contributed by atoms with E-state index in [2.05, 4.69) is 52.0 Å². The van der Waals surface area contributed by atoms with Gasteiger partial charge in [0.05, 0.1) is 0 Å². The molecule has 1 aromatic carbocycles. The Kier molecular flexibility index (Phi) is 4.35. The summed E-state index contributed by atoms with van der Waals surface area (Å²) >= 11 is 0. The van der Waals surface area contributed by atoms with Crippen LogP contribution in [0.25, 0.3) is 0 Å². The average Bonchev–Trinajstić information content (AvgIpc) is 2.77. The summed E-state index contributed by atoms with van der Waals surface area (Å²) in [6, 6.07) is 9.24. The van der Waals surface area contributed by atoms with Crippen LogP contribution < -0.4 is 5.73 Å². The zero-order valence-electron chi connectivity index (χ0n) is 12.9. The SMILES string of the molecule is CCC(C)c1ccc(C(N)C2CCCC2(C)C)cc1. The van der Waals surface area contributed by atoms with Gasteiger partial charge in [-0.25, -0.2) is 0 Å². The van der Waals surface area contributed by atoms with Crippen LogP contribution >= 0.6 is 0 Å². The summed E-state index contributed by atoms with van der Waals surface area (Å²) in [6.07, 6.45) is 5.12. The van der Waals surface area contributed by atoms with Crippen molar-refractivity contribution < 1.29 is 0 Å². The summed E-state index contributed by atoms with van der Waals surface area (Å²) in [5.41, 5.74) is 9.68. The minimum absolute atomic E-state index is 0.198. The van der Waals surface area contributed by atoms with Crippen LogP contribution in [0.5, 0.6) is 0 Å². The molecular weight excluding hydrogens is 230 g/mol. The van der Waals surface area contributed by atoms with Crippen LogP contribution in [-0.4, -0.2) is 0 Å². The first kappa shape index (κ1) is 14.6. The molecule has 0 amide bonds. The summed E-state index contributed by atoms with van der Waals surface area (Å²) in [5, 5.41) is 0. The van der Waals surface area contributed by atoms with Gasteiger partial charge in [-0.05, 0) is 47.6 Å². The van der Waals surface area contributed by atoms with Gasteiger partial charge in [0.25, 0.3) is 0 Å². The molecule has 0 spiro atoms. The Bertz CT molecular complexity index is 404. The fourth-order valence-corrected chi connectivity index (χ4v) is 3.53. The molecule has 19 heavy (non-hydrogen) atoms. The van der Waals surface area contributed by atoms with Gasteiger partial charge in [-0.3, -0.25) is 0 Å². The fraction of sp³-hybridized carbons (Fsp3) is 0.667. The Morgan fingerprint density at radius 1 is 1.21 bits per heavy atom. The summed E-state index contributed by atoms with van der Waals surface area (Å²) < 4.78 is 0. The van der Waals surface area contributed by atoms with Gasteiger partial charge in [-0.2, -0.15) is 0 Å². The van der Waals surface area contributed by atoms with Gasteiger partial charge in [-0.1, -0.05) is 58.4 Å². The highest BCUT2D eigenvalue weighted by Gasteiger charge is 2.38. The highest BCUT2D eigenvalue weighted by atomic mass is 14.7. The Balaban J connectivity index is 2.14. The molecule has 2 N–H and O–H groups in total.